The van der Waals surface area contributed by atoms with Gasteiger partial charge in [0.1, 0.15) is 0 Å². The number of H-pyrrole nitrogens is 1. The van der Waals surface area contributed by atoms with E-state index in [0.29, 0.717) is 5.57 Å². The van der Waals surface area contributed by atoms with E-state index in [1.165, 1.54) is 12.8 Å². The summed E-state index contributed by atoms with van der Waals surface area (Å²) < 4.78 is 0. The number of nitrogens with one attached hydrogen (secondary N) is 2. The van der Waals surface area contributed by atoms with Gasteiger partial charge in [0.15, 0.2) is 0 Å². The Hall–Kier alpha value is -3.64. The number of carbonyl (C=O) groups is 2. The molecule has 0 unspecified atom stereocenters. The van der Waals surface area contributed by atoms with E-state index in [2.05, 4.69) is 33.4 Å². The maximum Gasteiger partial charge on any atom is 0.256 e. The quantitative estimate of drug-likeness (QED) is 0.507. The number of fused-ring (bicyclic) bond motifs is 2. The molecule has 0 aliphatic carbocycles. The smallest absolute Gasteiger partial charge is 0.256 e. The lowest BCUT2D eigenvalue weighted by Gasteiger charge is -2.24. The number of anilines is 1. The van der Waals surface area contributed by atoms with E-state index in [1.54, 1.807) is 0 Å². The predicted molar refractivity (Wildman–Crippen MR) is 144 cm³/mol. The molecule has 0 atom stereocenters. The molecule has 1 saturated heterocycles. The third-order valence-electron chi connectivity index (χ3n) is 7.81. The number of aromatic nitrogens is 1. The second-order valence-electron chi connectivity index (χ2n) is 10.1. The highest BCUT2D eigenvalue weighted by Crippen LogP contribution is 2.37. The van der Waals surface area contributed by atoms with E-state index >= 15 is 0 Å². The Labute approximate surface area is 212 Å². The first-order valence-electron chi connectivity index (χ1n) is 13.0. The number of aryl methyl sites for hydroxylation is 1. The molecule has 3 aliphatic heterocycles. The van der Waals surface area contributed by atoms with Gasteiger partial charge in [-0.15, -0.1) is 0 Å². The van der Waals surface area contributed by atoms with Gasteiger partial charge in [-0.2, -0.15) is 0 Å². The zero-order valence-electron chi connectivity index (χ0n) is 20.8. The third-order valence-corrected chi connectivity index (χ3v) is 7.81. The van der Waals surface area contributed by atoms with Crippen molar-refractivity contribution in [2.75, 3.05) is 38.0 Å². The molecule has 0 spiro atoms. The summed E-state index contributed by atoms with van der Waals surface area (Å²) in [7, 11) is 0. The number of hydrogen-bond acceptors (Lipinski definition) is 3. The molecular weight excluding hydrogens is 448 g/mol. The minimum atomic E-state index is -0.113. The zero-order chi connectivity index (χ0) is 24.6. The van der Waals surface area contributed by atoms with Gasteiger partial charge >= 0.3 is 0 Å². The van der Waals surface area contributed by atoms with Crippen LogP contribution in [0, 0.1) is 6.92 Å². The van der Waals surface area contributed by atoms with Crippen LogP contribution in [-0.4, -0.2) is 59.3 Å². The molecule has 2 aromatic carbocycles. The molecule has 3 aliphatic rings. The molecule has 6 nitrogen and oxygen atoms in total. The molecule has 6 rings (SSSR count). The van der Waals surface area contributed by atoms with Crippen LogP contribution >= 0.6 is 0 Å². The van der Waals surface area contributed by atoms with Crippen LogP contribution in [0.1, 0.15) is 52.1 Å². The summed E-state index contributed by atoms with van der Waals surface area (Å²) in [6.07, 6.45) is 6.22. The molecule has 6 heteroatoms. The van der Waals surface area contributed by atoms with Crippen LogP contribution in [0.4, 0.5) is 5.69 Å². The van der Waals surface area contributed by atoms with Crippen LogP contribution in [0.25, 0.3) is 22.8 Å². The minimum Gasteiger partial charge on any atom is -0.358 e. The second-order valence-corrected chi connectivity index (χ2v) is 10.1. The number of carbonyl (C=O) groups excluding carboxylic acids is 2. The van der Waals surface area contributed by atoms with Gasteiger partial charge in [-0.05, 0) is 80.6 Å². The number of amides is 2. The molecule has 0 saturated carbocycles. The van der Waals surface area contributed by atoms with Crippen molar-refractivity contribution in [3.8, 4) is 11.1 Å². The number of benzene rings is 2. The Morgan fingerprint density at radius 1 is 0.917 bits per heavy atom. The molecule has 1 fully saturated rings. The molecule has 36 heavy (non-hydrogen) atoms. The monoisotopic (exact) mass is 480 g/mol. The number of rotatable bonds is 5. The number of likely N-dealkylation sites (tertiary alicyclic amines) is 1. The van der Waals surface area contributed by atoms with Crippen molar-refractivity contribution in [1.29, 1.82) is 0 Å². The molecule has 4 heterocycles. The van der Waals surface area contributed by atoms with Gasteiger partial charge in [-0.1, -0.05) is 36.4 Å². The van der Waals surface area contributed by atoms with Gasteiger partial charge in [-0.3, -0.25) is 9.59 Å². The Morgan fingerprint density at radius 3 is 2.53 bits per heavy atom. The molecule has 2 N–H and O–H groups in total. The first-order valence-corrected chi connectivity index (χ1v) is 13.0. The second kappa shape index (κ2) is 9.43. The summed E-state index contributed by atoms with van der Waals surface area (Å²) in [5.74, 6) is 0.000654. The molecular formula is C30H32N4O2. The lowest BCUT2D eigenvalue weighted by Crippen LogP contribution is -2.38. The summed E-state index contributed by atoms with van der Waals surface area (Å²) in [6, 6.07) is 16.3. The maximum atomic E-state index is 13.6. The fourth-order valence-corrected chi connectivity index (χ4v) is 5.78. The van der Waals surface area contributed by atoms with Crippen molar-refractivity contribution < 1.29 is 9.59 Å². The SMILES string of the molecule is Cc1c(C=C2C(=O)Nc3ccc(-c4ccccc4)cc32)[nH]c2c1C(=O)N(CCN1CCCC1)CCC2. The number of aromatic amines is 1. The number of hydrogen-bond donors (Lipinski definition) is 2. The highest BCUT2D eigenvalue weighted by molar-refractivity contribution is 6.35. The van der Waals surface area contributed by atoms with Crippen molar-refractivity contribution in [2.45, 2.75) is 32.6 Å². The largest absolute Gasteiger partial charge is 0.358 e. The van der Waals surface area contributed by atoms with E-state index in [9.17, 15) is 9.59 Å². The fourth-order valence-electron chi connectivity index (χ4n) is 5.78. The van der Waals surface area contributed by atoms with E-state index in [0.717, 1.165) is 90.5 Å². The molecule has 0 bridgehead atoms. The Bertz CT molecular complexity index is 1350. The van der Waals surface area contributed by atoms with Gasteiger partial charge in [0.2, 0.25) is 0 Å². The van der Waals surface area contributed by atoms with Crippen LogP contribution in [0.15, 0.2) is 48.5 Å². The van der Waals surface area contributed by atoms with Crippen molar-refractivity contribution in [1.82, 2.24) is 14.8 Å². The first kappa shape index (κ1) is 22.8. The van der Waals surface area contributed by atoms with Gasteiger partial charge in [-0.25, -0.2) is 0 Å². The summed E-state index contributed by atoms with van der Waals surface area (Å²) in [5, 5.41) is 3.00. The van der Waals surface area contributed by atoms with Gasteiger partial charge in [0.25, 0.3) is 11.8 Å². The van der Waals surface area contributed by atoms with E-state index in [4.69, 9.17) is 0 Å². The van der Waals surface area contributed by atoms with E-state index in [-0.39, 0.29) is 11.8 Å². The third kappa shape index (κ3) is 4.16. The Kier molecular flexibility index (Phi) is 5.97. The maximum absolute atomic E-state index is 13.6. The standard InChI is InChI=1S/C30H32N4O2/c1-20-27(31-26-10-7-15-34(30(36)28(20)26)17-16-33-13-5-6-14-33)19-24-23-18-22(21-8-3-2-4-9-21)11-12-25(23)32-29(24)35/h2-4,8-9,11-12,18-19,31H,5-7,10,13-17H2,1H3,(H,32,35). The highest BCUT2D eigenvalue weighted by Gasteiger charge is 2.29. The zero-order valence-corrected chi connectivity index (χ0v) is 20.8. The molecule has 3 aromatic rings. The molecule has 2 amide bonds. The van der Waals surface area contributed by atoms with Crippen molar-refractivity contribution in [3.05, 3.63) is 76.6 Å². The Morgan fingerprint density at radius 2 is 1.72 bits per heavy atom. The van der Waals surface area contributed by atoms with Crippen LogP contribution in [0.2, 0.25) is 0 Å². The van der Waals surface area contributed by atoms with Crippen LogP contribution in [-0.2, 0) is 11.2 Å². The van der Waals surface area contributed by atoms with E-state index in [1.807, 2.05) is 48.2 Å². The predicted octanol–water partition coefficient (Wildman–Crippen LogP) is 4.97. The van der Waals surface area contributed by atoms with Gasteiger partial charge in [0, 0.05) is 42.3 Å². The number of nitrogens with zero attached hydrogens (tertiary/aromatic N) is 2. The van der Waals surface area contributed by atoms with Gasteiger partial charge in [0.05, 0.1) is 11.1 Å². The van der Waals surface area contributed by atoms with Crippen LogP contribution in [0.5, 0.6) is 0 Å². The van der Waals surface area contributed by atoms with Crippen molar-refractivity contribution in [3.63, 3.8) is 0 Å². The topological polar surface area (TPSA) is 68.4 Å². The summed E-state index contributed by atoms with van der Waals surface area (Å²) in [4.78, 5) is 34.5. The first-order chi connectivity index (χ1) is 17.6. The van der Waals surface area contributed by atoms with Crippen LogP contribution < -0.4 is 5.32 Å². The fraction of sp³-hybridized carbons (Fsp3) is 0.333. The van der Waals surface area contributed by atoms with Crippen molar-refractivity contribution >= 4 is 29.2 Å². The summed E-state index contributed by atoms with van der Waals surface area (Å²) in [5.41, 5.74) is 8.07. The lowest BCUT2D eigenvalue weighted by molar-refractivity contribution is -0.110. The van der Waals surface area contributed by atoms with Crippen LogP contribution in [0.3, 0.4) is 0 Å². The summed E-state index contributed by atoms with van der Waals surface area (Å²) in [6.45, 7) is 6.80. The normalized spacial score (nSPS) is 18.9. The van der Waals surface area contributed by atoms with E-state index < -0.39 is 0 Å². The average Bonchev–Trinajstić information content (AvgIpc) is 3.57. The lowest BCUT2D eigenvalue weighted by atomic mass is 9.98. The molecule has 1 aromatic heterocycles. The van der Waals surface area contributed by atoms with Crippen molar-refractivity contribution in [2.24, 2.45) is 0 Å². The Balaban J connectivity index is 1.31. The van der Waals surface area contributed by atoms with Gasteiger partial charge < -0.3 is 20.1 Å². The molecule has 184 valence electrons. The summed E-state index contributed by atoms with van der Waals surface area (Å²) >= 11 is 0. The molecule has 0 radical (unpaired) electrons. The minimum absolute atomic E-state index is 0.113. The highest BCUT2D eigenvalue weighted by atomic mass is 16.2. The average molecular weight is 481 g/mol.